The number of benzene rings is 1. The maximum Gasteiger partial charge on any atom is 0.465 e. The minimum atomic E-state index is -5.83. The van der Waals surface area contributed by atoms with Gasteiger partial charge in [0.05, 0.1) is 0 Å². The summed E-state index contributed by atoms with van der Waals surface area (Å²) in [4.78, 5) is 11.5. The van der Waals surface area contributed by atoms with Crippen molar-refractivity contribution in [3.05, 3.63) is 35.4 Å². The molecule has 2 fully saturated rings. The van der Waals surface area contributed by atoms with Crippen LogP contribution >= 0.6 is 0 Å². The summed E-state index contributed by atoms with van der Waals surface area (Å²) in [7, 11) is -5.83. The van der Waals surface area contributed by atoms with Gasteiger partial charge >= 0.3 is 21.3 Å². The second kappa shape index (κ2) is 7.47. The molecule has 0 saturated heterocycles. The molecule has 2 saturated carbocycles. The monoisotopic (exact) mass is 402 g/mol. The van der Waals surface area contributed by atoms with Gasteiger partial charge in [-0.3, -0.25) is 4.55 Å². The van der Waals surface area contributed by atoms with Gasteiger partial charge in [0.2, 0.25) is 0 Å². The molecule has 4 unspecified atom stereocenters. The number of carbonyl (C=O) groups is 1. The molecule has 0 bridgehead atoms. The highest BCUT2D eigenvalue weighted by molar-refractivity contribution is 7.87. The van der Waals surface area contributed by atoms with Gasteiger partial charge in [0.25, 0.3) is 0 Å². The Labute approximate surface area is 157 Å². The third-order valence-corrected chi connectivity index (χ3v) is 6.76. The van der Waals surface area contributed by atoms with E-state index in [1.807, 2.05) is 6.92 Å². The van der Waals surface area contributed by atoms with Gasteiger partial charge in [0, 0.05) is 0 Å². The molecular weight excluding hydrogens is 378 g/mol. The molecule has 3 rings (SSSR count). The summed E-state index contributed by atoms with van der Waals surface area (Å²) in [5, 5.41) is -4.93. The lowest BCUT2D eigenvalue weighted by molar-refractivity contribution is -0.170. The van der Waals surface area contributed by atoms with Crippen LogP contribution in [0.5, 0.6) is 0 Å². The van der Waals surface area contributed by atoms with Crippen LogP contribution in [0.3, 0.4) is 0 Å². The van der Waals surface area contributed by atoms with E-state index >= 15 is 0 Å². The first kappa shape index (κ1) is 20.2. The third kappa shape index (κ3) is 4.16. The first-order valence-corrected chi connectivity index (χ1v) is 10.7. The van der Waals surface area contributed by atoms with Crippen LogP contribution in [0.4, 0.5) is 8.78 Å². The number of carbonyl (C=O) groups excluding carboxylic acids is 1. The topological polar surface area (TPSA) is 80.7 Å². The highest BCUT2D eigenvalue weighted by Crippen LogP contribution is 2.49. The van der Waals surface area contributed by atoms with E-state index in [9.17, 15) is 22.0 Å². The number of rotatable bonds is 4. The van der Waals surface area contributed by atoms with E-state index in [1.54, 1.807) is 0 Å². The number of hydrogen-bond donors (Lipinski definition) is 1. The number of alkyl halides is 2. The van der Waals surface area contributed by atoms with Crippen LogP contribution in [0.25, 0.3) is 0 Å². The van der Waals surface area contributed by atoms with Crippen LogP contribution < -0.4 is 0 Å². The molecule has 27 heavy (non-hydrogen) atoms. The van der Waals surface area contributed by atoms with Crippen molar-refractivity contribution in [2.75, 3.05) is 0 Å². The van der Waals surface area contributed by atoms with Gasteiger partial charge in [0.15, 0.2) is 0 Å². The number of hydrogen-bond acceptors (Lipinski definition) is 4. The van der Waals surface area contributed by atoms with Crippen molar-refractivity contribution < 1.29 is 31.3 Å². The smallest absolute Gasteiger partial charge is 0.457 e. The molecule has 5 nitrogen and oxygen atoms in total. The van der Waals surface area contributed by atoms with E-state index < -0.39 is 27.4 Å². The van der Waals surface area contributed by atoms with Crippen molar-refractivity contribution in [2.24, 2.45) is 11.8 Å². The van der Waals surface area contributed by atoms with Gasteiger partial charge in [-0.05, 0) is 55.9 Å². The van der Waals surface area contributed by atoms with Gasteiger partial charge < -0.3 is 4.74 Å². The predicted octanol–water partition coefficient (Wildman–Crippen LogP) is 4.07. The third-order valence-electron chi connectivity index (χ3n) is 5.94. The summed E-state index contributed by atoms with van der Waals surface area (Å²) in [5.74, 6) is -1.14. The Morgan fingerprint density at radius 2 is 1.81 bits per heavy atom. The zero-order valence-corrected chi connectivity index (χ0v) is 15.9. The Hall–Kier alpha value is -1.54. The summed E-state index contributed by atoms with van der Waals surface area (Å²) >= 11 is 0. The minimum Gasteiger partial charge on any atom is -0.457 e. The number of aryl methyl sites for hydroxylation is 1. The molecular formula is C19H24F2O5S. The molecule has 0 radical (unpaired) electrons. The summed E-state index contributed by atoms with van der Waals surface area (Å²) in [5.41, 5.74) is 2.48. The van der Waals surface area contributed by atoms with Gasteiger partial charge in [-0.15, -0.1) is 0 Å². The fourth-order valence-corrected chi connectivity index (χ4v) is 4.84. The molecule has 0 spiro atoms. The standard InChI is InChI=1S/C19H24F2O5S/c1-12-5-7-13(8-6-12)16-4-2-3-14-11-15(9-10-17(14)16)26-18(22)19(20,21)27(23,24)25/h5-8,14-17H,2-4,9-11H2,1H3,(H,23,24,25). The molecule has 0 aliphatic heterocycles. The van der Waals surface area contributed by atoms with E-state index in [4.69, 9.17) is 9.29 Å². The highest BCUT2D eigenvalue weighted by atomic mass is 32.2. The van der Waals surface area contributed by atoms with E-state index in [0.29, 0.717) is 24.7 Å². The molecule has 4 atom stereocenters. The molecule has 8 heteroatoms. The number of ether oxygens (including phenoxy) is 1. The van der Waals surface area contributed by atoms with Gasteiger partial charge in [-0.1, -0.05) is 42.7 Å². The lowest BCUT2D eigenvalue weighted by Crippen LogP contribution is -2.43. The Balaban J connectivity index is 1.67. The van der Waals surface area contributed by atoms with Crippen molar-refractivity contribution in [3.8, 4) is 0 Å². The van der Waals surface area contributed by atoms with E-state index in [1.165, 1.54) is 11.1 Å². The molecule has 0 heterocycles. The first-order valence-electron chi connectivity index (χ1n) is 9.22. The van der Waals surface area contributed by atoms with E-state index in [0.717, 1.165) is 25.7 Å². The Morgan fingerprint density at radius 3 is 2.44 bits per heavy atom. The lowest BCUT2D eigenvalue weighted by Gasteiger charge is -2.44. The average molecular weight is 402 g/mol. The van der Waals surface area contributed by atoms with Gasteiger partial charge in [-0.2, -0.15) is 17.2 Å². The molecule has 2 aliphatic carbocycles. The fourth-order valence-electron chi connectivity index (χ4n) is 4.58. The van der Waals surface area contributed by atoms with Crippen molar-refractivity contribution in [1.29, 1.82) is 0 Å². The number of esters is 1. The van der Waals surface area contributed by atoms with E-state index in [2.05, 4.69) is 24.3 Å². The lowest BCUT2D eigenvalue weighted by atomic mass is 9.63. The van der Waals surface area contributed by atoms with Crippen LogP contribution in [-0.4, -0.2) is 30.3 Å². The quantitative estimate of drug-likeness (QED) is 0.607. The predicted molar refractivity (Wildman–Crippen MR) is 95.0 cm³/mol. The molecule has 0 amide bonds. The van der Waals surface area contributed by atoms with Gasteiger partial charge in [-0.25, -0.2) is 4.79 Å². The van der Waals surface area contributed by atoms with Crippen LogP contribution in [0.15, 0.2) is 24.3 Å². The Bertz CT molecular complexity index is 791. The molecule has 2 aliphatic rings. The van der Waals surface area contributed by atoms with Crippen LogP contribution in [0.1, 0.15) is 55.6 Å². The number of halogens is 2. The van der Waals surface area contributed by atoms with Gasteiger partial charge in [0.1, 0.15) is 6.10 Å². The molecule has 150 valence electrons. The Kier molecular flexibility index (Phi) is 5.59. The number of fused-ring (bicyclic) bond motifs is 1. The molecule has 1 N–H and O–H groups in total. The maximum absolute atomic E-state index is 13.4. The molecule has 1 aromatic rings. The average Bonchev–Trinajstić information content (AvgIpc) is 2.60. The summed E-state index contributed by atoms with van der Waals surface area (Å²) in [6.45, 7) is 2.04. The second-order valence-electron chi connectivity index (χ2n) is 7.70. The summed E-state index contributed by atoms with van der Waals surface area (Å²) in [6, 6.07) is 8.45. The van der Waals surface area contributed by atoms with Crippen LogP contribution in [0.2, 0.25) is 0 Å². The fraction of sp³-hybridized carbons (Fsp3) is 0.632. The SMILES string of the molecule is Cc1ccc(C2CCCC3CC(OC(=O)C(F)(F)S(=O)(=O)O)CCC32)cc1. The van der Waals surface area contributed by atoms with Crippen LogP contribution in [0, 0.1) is 18.8 Å². The first-order chi connectivity index (χ1) is 12.6. The second-order valence-corrected chi connectivity index (χ2v) is 9.17. The van der Waals surface area contributed by atoms with Crippen molar-refractivity contribution in [2.45, 2.75) is 62.7 Å². The highest BCUT2D eigenvalue weighted by Gasteiger charge is 2.55. The Morgan fingerprint density at radius 1 is 1.15 bits per heavy atom. The summed E-state index contributed by atoms with van der Waals surface area (Å²) < 4.78 is 61.5. The minimum absolute atomic E-state index is 0.246. The maximum atomic E-state index is 13.4. The van der Waals surface area contributed by atoms with Crippen LogP contribution in [-0.2, 0) is 19.6 Å². The molecule has 0 aromatic heterocycles. The zero-order chi connectivity index (χ0) is 19.8. The largest absolute Gasteiger partial charge is 0.465 e. The van der Waals surface area contributed by atoms with Crippen molar-refractivity contribution in [1.82, 2.24) is 0 Å². The summed E-state index contributed by atoms with van der Waals surface area (Å²) in [6.07, 6.45) is 3.88. The molecule has 1 aromatic carbocycles. The van der Waals surface area contributed by atoms with E-state index in [-0.39, 0.29) is 5.92 Å². The normalized spacial score (nSPS) is 29.0. The van der Waals surface area contributed by atoms with Crippen molar-refractivity contribution in [3.63, 3.8) is 0 Å². The van der Waals surface area contributed by atoms with Crippen molar-refractivity contribution >= 4 is 16.1 Å². The zero-order valence-electron chi connectivity index (χ0n) is 15.1.